The molecule has 1 aliphatic carbocycles. The Hall–Kier alpha value is -3.52. The molecular weight excluding hydrogens is 434 g/mol. The minimum Gasteiger partial charge on any atom is -0.493 e. The van der Waals surface area contributed by atoms with Crippen molar-refractivity contribution < 1.29 is 23.8 Å². The standard InChI is InChI=1S/C23H22ClN3O5/c1-30-19-11-15(10-17(24)22(19)31-2)23(29)32-13-21(28)25-20-12-18(14-8-9-14)26-27(20)16-6-4-3-5-7-16/h3-7,10-12,14H,8-9,13H2,1-2H3,(H,25,28). The highest BCUT2D eigenvalue weighted by Crippen LogP contribution is 2.40. The Morgan fingerprint density at radius 1 is 1.12 bits per heavy atom. The normalized spacial score (nSPS) is 12.8. The smallest absolute Gasteiger partial charge is 0.338 e. The molecule has 1 N–H and O–H groups in total. The summed E-state index contributed by atoms with van der Waals surface area (Å²) in [7, 11) is 2.88. The van der Waals surface area contributed by atoms with Gasteiger partial charge in [0.2, 0.25) is 0 Å². The van der Waals surface area contributed by atoms with Gasteiger partial charge in [-0.3, -0.25) is 4.79 Å². The first kappa shape index (κ1) is 21.7. The summed E-state index contributed by atoms with van der Waals surface area (Å²) in [4.78, 5) is 25.0. The zero-order valence-electron chi connectivity index (χ0n) is 17.6. The number of nitrogens with one attached hydrogen (secondary N) is 1. The largest absolute Gasteiger partial charge is 0.493 e. The van der Waals surface area contributed by atoms with E-state index in [1.807, 2.05) is 36.4 Å². The molecule has 1 fully saturated rings. The Bertz CT molecular complexity index is 1140. The lowest BCUT2D eigenvalue weighted by Crippen LogP contribution is -2.22. The van der Waals surface area contributed by atoms with Crippen molar-refractivity contribution in [2.45, 2.75) is 18.8 Å². The molecule has 0 atom stereocenters. The van der Waals surface area contributed by atoms with E-state index in [1.54, 1.807) is 4.68 Å². The zero-order chi connectivity index (χ0) is 22.7. The summed E-state index contributed by atoms with van der Waals surface area (Å²) >= 11 is 6.13. The number of ether oxygens (including phenoxy) is 3. The maximum absolute atomic E-state index is 12.5. The monoisotopic (exact) mass is 455 g/mol. The Morgan fingerprint density at radius 3 is 2.53 bits per heavy atom. The van der Waals surface area contributed by atoms with E-state index in [0.717, 1.165) is 24.2 Å². The van der Waals surface area contributed by atoms with Crippen LogP contribution < -0.4 is 14.8 Å². The summed E-state index contributed by atoms with van der Waals surface area (Å²) in [6, 6.07) is 14.2. The van der Waals surface area contributed by atoms with Crippen LogP contribution >= 0.6 is 11.6 Å². The number of anilines is 1. The number of rotatable bonds is 8. The molecule has 1 aromatic heterocycles. The Labute approximate surface area is 190 Å². The highest BCUT2D eigenvalue weighted by atomic mass is 35.5. The van der Waals surface area contributed by atoms with Crippen LogP contribution in [0.15, 0.2) is 48.5 Å². The van der Waals surface area contributed by atoms with Crippen molar-refractivity contribution in [3.8, 4) is 17.2 Å². The van der Waals surface area contributed by atoms with Gasteiger partial charge in [0.25, 0.3) is 5.91 Å². The molecule has 0 radical (unpaired) electrons. The number of carbonyl (C=O) groups is 2. The van der Waals surface area contributed by atoms with E-state index >= 15 is 0 Å². The zero-order valence-corrected chi connectivity index (χ0v) is 18.4. The number of hydrogen-bond acceptors (Lipinski definition) is 6. The molecule has 1 aliphatic rings. The van der Waals surface area contributed by atoms with Crippen LogP contribution in [-0.4, -0.2) is 42.5 Å². The van der Waals surface area contributed by atoms with Gasteiger partial charge >= 0.3 is 5.97 Å². The number of methoxy groups -OCH3 is 2. The van der Waals surface area contributed by atoms with Gasteiger partial charge in [0.15, 0.2) is 18.1 Å². The Kier molecular flexibility index (Phi) is 6.32. The second-order valence-electron chi connectivity index (χ2n) is 7.29. The van der Waals surface area contributed by atoms with E-state index in [-0.39, 0.29) is 16.3 Å². The number of nitrogens with zero attached hydrogens (tertiary/aromatic N) is 2. The predicted molar refractivity (Wildman–Crippen MR) is 119 cm³/mol. The van der Waals surface area contributed by atoms with Crippen molar-refractivity contribution >= 4 is 29.3 Å². The van der Waals surface area contributed by atoms with Crippen LogP contribution in [0.2, 0.25) is 5.02 Å². The van der Waals surface area contributed by atoms with Crippen LogP contribution in [0.3, 0.4) is 0 Å². The molecule has 166 valence electrons. The summed E-state index contributed by atoms with van der Waals surface area (Å²) in [6.07, 6.45) is 2.18. The summed E-state index contributed by atoms with van der Waals surface area (Å²) in [5, 5.41) is 7.62. The maximum atomic E-state index is 12.5. The van der Waals surface area contributed by atoms with Crippen molar-refractivity contribution in [2.24, 2.45) is 0 Å². The molecule has 8 nitrogen and oxygen atoms in total. The molecule has 3 aromatic rings. The number of aromatic nitrogens is 2. The van der Waals surface area contributed by atoms with Crippen molar-refractivity contribution in [1.82, 2.24) is 9.78 Å². The fraction of sp³-hybridized carbons (Fsp3) is 0.261. The number of benzene rings is 2. The van der Waals surface area contributed by atoms with E-state index in [1.165, 1.54) is 26.4 Å². The van der Waals surface area contributed by atoms with Crippen molar-refractivity contribution in [3.05, 3.63) is 64.8 Å². The molecule has 2 aromatic carbocycles. The molecule has 1 saturated carbocycles. The molecule has 0 saturated heterocycles. The molecule has 4 rings (SSSR count). The molecule has 9 heteroatoms. The van der Waals surface area contributed by atoms with Gasteiger partial charge < -0.3 is 19.5 Å². The Morgan fingerprint density at radius 2 is 1.88 bits per heavy atom. The van der Waals surface area contributed by atoms with Gasteiger partial charge in [0, 0.05) is 12.0 Å². The third-order valence-electron chi connectivity index (χ3n) is 5.00. The second-order valence-corrected chi connectivity index (χ2v) is 7.70. The van der Waals surface area contributed by atoms with Crippen molar-refractivity contribution in [3.63, 3.8) is 0 Å². The van der Waals surface area contributed by atoms with Gasteiger partial charge in [-0.2, -0.15) is 5.10 Å². The lowest BCUT2D eigenvalue weighted by molar-refractivity contribution is -0.119. The lowest BCUT2D eigenvalue weighted by Gasteiger charge is -2.12. The van der Waals surface area contributed by atoms with Crippen LogP contribution in [0.4, 0.5) is 5.82 Å². The quantitative estimate of drug-likeness (QED) is 0.511. The lowest BCUT2D eigenvalue weighted by atomic mass is 10.2. The number of hydrogen-bond donors (Lipinski definition) is 1. The van der Waals surface area contributed by atoms with Crippen LogP contribution in [0.5, 0.6) is 11.5 Å². The van der Waals surface area contributed by atoms with Crippen LogP contribution in [0, 0.1) is 0 Å². The minimum absolute atomic E-state index is 0.144. The van der Waals surface area contributed by atoms with E-state index in [9.17, 15) is 9.59 Å². The topological polar surface area (TPSA) is 91.7 Å². The SMILES string of the molecule is COc1cc(C(=O)OCC(=O)Nc2cc(C3CC3)nn2-c2ccccc2)cc(Cl)c1OC. The third-order valence-corrected chi connectivity index (χ3v) is 5.28. The fourth-order valence-corrected chi connectivity index (χ4v) is 3.55. The molecule has 0 unspecified atom stereocenters. The number of amides is 1. The highest BCUT2D eigenvalue weighted by molar-refractivity contribution is 6.32. The summed E-state index contributed by atoms with van der Waals surface area (Å²) in [5.41, 5.74) is 1.90. The van der Waals surface area contributed by atoms with Gasteiger partial charge in [-0.1, -0.05) is 29.8 Å². The number of carbonyl (C=O) groups excluding carboxylic acids is 2. The molecule has 0 spiro atoms. The van der Waals surface area contributed by atoms with E-state index in [0.29, 0.717) is 17.5 Å². The average molecular weight is 456 g/mol. The number of halogens is 1. The maximum Gasteiger partial charge on any atom is 0.338 e. The van der Waals surface area contributed by atoms with Crippen LogP contribution in [0.1, 0.15) is 34.8 Å². The van der Waals surface area contributed by atoms with Gasteiger partial charge in [-0.25, -0.2) is 9.48 Å². The molecule has 1 heterocycles. The van der Waals surface area contributed by atoms with Gasteiger partial charge in [0.05, 0.1) is 36.2 Å². The summed E-state index contributed by atoms with van der Waals surface area (Å²) in [6.45, 7) is -0.469. The van der Waals surface area contributed by atoms with E-state index in [4.69, 9.17) is 25.8 Å². The van der Waals surface area contributed by atoms with Gasteiger partial charge in [0.1, 0.15) is 5.82 Å². The first-order valence-corrected chi connectivity index (χ1v) is 10.4. The van der Waals surface area contributed by atoms with Crippen molar-refractivity contribution in [2.75, 3.05) is 26.1 Å². The van der Waals surface area contributed by atoms with E-state index < -0.39 is 18.5 Å². The summed E-state index contributed by atoms with van der Waals surface area (Å²) < 4.78 is 17.2. The summed E-state index contributed by atoms with van der Waals surface area (Å²) in [5.74, 6) is 0.346. The second kappa shape index (κ2) is 9.32. The first-order valence-electron chi connectivity index (χ1n) is 10.0. The third kappa shape index (κ3) is 4.70. The number of para-hydroxylation sites is 1. The minimum atomic E-state index is -0.710. The first-order chi connectivity index (χ1) is 15.5. The molecule has 0 bridgehead atoms. The van der Waals surface area contributed by atoms with Gasteiger partial charge in [-0.15, -0.1) is 0 Å². The molecule has 1 amide bonds. The fourth-order valence-electron chi connectivity index (χ4n) is 3.26. The Balaban J connectivity index is 1.45. The molecule has 32 heavy (non-hydrogen) atoms. The van der Waals surface area contributed by atoms with Crippen LogP contribution in [-0.2, 0) is 9.53 Å². The highest BCUT2D eigenvalue weighted by Gasteiger charge is 2.28. The van der Waals surface area contributed by atoms with Crippen molar-refractivity contribution in [1.29, 1.82) is 0 Å². The predicted octanol–water partition coefficient (Wildman–Crippen LogP) is 4.22. The molecular formula is C23H22ClN3O5. The van der Waals surface area contributed by atoms with E-state index in [2.05, 4.69) is 10.4 Å². The van der Waals surface area contributed by atoms with Crippen LogP contribution in [0.25, 0.3) is 5.69 Å². The van der Waals surface area contributed by atoms with Gasteiger partial charge in [-0.05, 0) is 37.1 Å². The number of esters is 1. The molecule has 0 aliphatic heterocycles. The average Bonchev–Trinajstić information content (AvgIpc) is 3.58.